The first kappa shape index (κ1) is 14.7. The van der Waals surface area contributed by atoms with Crippen LogP contribution in [0.5, 0.6) is 0 Å². The van der Waals surface area contributed by atoms with E-state index in [1.54, 1.807) is 0 Å². The Kier molecular flexibility index (Phi) is 6.21. The minimum Gasteiger partial charge on any atom is -0.311 e. The average Bonchev–Trinajstić information content (AvgIpc) is 2.26. The van der Waals surface area contributed by atoms with E-state index in [-0.39, 0.29) is 0 Å². The van der Waals surface area contributed by atoms with Crippen molar-refractivity contribution in [3.63, 3.8) is 0 Å². The van der Waals surface area contributed by atoms with Crippen molar-refractivity contribution in [1.82, 2.24) is 10.2 Å². The molecule has 2 unspecified atom stereocenters. The fourth-order valence-electron chi connectivity index (χ4n) is 2.83. The summed E-state index contributed by atoms with van der Waals surface area (Å²) >= 11 is 0. The van der Waals surface area contributed by atoms with E-state index in [1.165, 1.54) is 31.3 Å². The number of hydrogen-bond donors (Lipinski definition) is 1. The zero-order chi connectivity index (χ0) is 12.8. The molecule has 0 bridgehead atoms. The second kappa shape index (κ2) is 7.17. The van der Waals surface area contributed by atoms with Gasteiger partial charge in [0.25, 0.3) is 0 Å². The first-order valence-corrected chi connectivity index (χ1v) is 7.11. The lowest BCUT2D eigenvalue weighted by atomic mass is 9.85. The fraction of sp³-hybridized carbons (Fsp3) is 0.867. The molecule has 1 aliphatic rings. The van der Waals surface area contributed by atoms with Crippen molar-refractivity contribution in [3.05, 3.63) is 12.2 Å². The highest BCUT2D eigenvalue weighted by atomic mass is 15.1. The summed E-state index contributed by atoms with van der Waals surface area (Å²) in [4.78, 5) is 2.51. The van der Waals surface area contributed by atoms with Gasteiger partial charge in [-0.3, -0.25) is 4.90 Å². The summed E-state index contributed by atoms with van der Waals surface area (Å²) in [7, 11) is 2.26. The van der Waals surface area contributed by atoms with Gasteiger partial charge in [-0.2, -0.15) is 0 Å². The molecule has 0 spiro atoms. The molecule has 0 aliphatic heterocycles. The number of likely N-dealkylation sites (N-methyl/N-ethyl adjacent to an activating group) is 1. The van der Waals surface area contributed by atoms with Crippen molar-refractivity contribution in [2.75, 3.05) is 20.1 Å². The van der Waals surface area contributed by atoms with E-state index < -0.39 is 0 Å². The van der Waals surface area contributed by atoms with Crippen LogP contribution in [-0.4, -0.2) is 37.1 Å². The van der Waals surface area contributed by atoms with E-state index in [2.05, 4.69) is 44.6 Å². The second-order valence-electron chi connectivity index (χ2n) is 6.03. The average molecular weight is 238 g/mol. The van der Waals surface area contributed by atoms with Gasteiger partial charge in [-0.1, -0.05) is 40.2 Å². The minimum absolute atomic E-state index is 0.547. The Hall–Kier alpha value is -0.340. The Balaban J connectivity index is 2.31. The van der Waals surface area contributed by atoms with Crippen LogP contribution in [0.3, 0.4) is 0 Å². The van der Waals surface area contributed by atoms with Gasteiger partial charge in [-0.15, -0.1) is 0 Å². The van der Waals surface area contributed by atoms with Crippen LogP contribution in [-0.2, 0) is 0 Å². The molecule has 0 aromatic rings. The monoisotopic (exact) mass is 238 g/mol. The number of rotatable bonds is 6. The van der Waals surface area contributed by atoms with Gasteiger partial charge in [0.1, 0.15) is 0 Å². The summed E-state index contributed by atoms with van der Waals surface area (Å²) in [6.45, 7) is 12.9. The van der Waals surface area contributed by atoms with Crippen LogP contribution in [0.2, 0.25) is 0 Å². The maximum atomic E-state index is 4.18. The van der Waals surface area contributed by atoms with E-state index in [1.807, 2.05) is 0 Å². The highest BCUT2D eigenvalue weighted by Gasteiger charge is 2.24. The molecule has 2 nitrogen and oxygen atoms in total. The third-order valence-corrected chi connectivity index (χ3v) is 3.87. The van der Waals surface area contributed by atoms with Crippen LogP contribution in [0.1, 0.15) is 46.5 Å². The molecule has 2 atom stereocenters. The molecule has 0 saturated heterocycles. The van der Waals surface area contributed by atoms with Crippen molar-refractivity contribution in [2.24, 2.45) is 5.92 Å². The van der Waals surface area contributed by atoms with Crippen molar-refractivity contribution in [1.29, 1.82) is 0 Å². The highest BCUT2D eigenvalue weighted by molar-refractivity contribution is 5.01. The third-order valence-electron chi connectivity index (χ3n) is 3.87. The van der Waals surface area contributed by atoms with Crippen molar-refractivity contribution in [3.8, 4) is 0 Å². The molecule has 0 aromatic heterocycles. The van der Waals surface area contributed by atoms with Gasteiger partial charge < -0.3 is 5.32 Å². The van der Waals surface area contributed by atoms with Gasteiger partial charge >= 0.3 is 0 Å². The van der Waals surface area contributed by atoms with Crippen LogP contribution < -0.4 is 5.32 Å². The first-order chi connectivity index (χ1) is 8.00. The van der Waals surface area contributed by atoms with Crippen LogP contribution in [0.15, 0.2) is 12.2 Å². The lowest BCUT2D eigenvalue weighted by molar-refractivity contribution is 0.149. The lowest BCUT2D eigenvalue weighted by Crippen LogP contribution is -2.41. The second-order valence-corrected chi connectivity index (χ2v) is 6.03. The summed E-state index contributed by atoms with van der Waals surface area (Å²) in [6.07, 6.45) is 5.58. The van der Waals surface area contributed by atoms with Crippen LogP contribution in [0.25, 0.3) is 0 Å². The molecular weight excluding hydrogens is 208 g/mol. The zero-order valence-electron chi connectivity index (χ0n) is 12.1. The maximum Gasteiger partial charge on any atom is 0.0202 e. The van der Waals surface area contributed by atoms with E-state index in [4.69, 9.17) is 0 Å². The number of nitrogens with zero attached hydrogens (tertiary/aromatic N) is 1. The number of nitrogens with one attached hydrogen (secondary N) is 1. The van der Waals surface area contributed by atoms with E-state index in [0.717, 1.165) is 25.0 Å². The molecule has 0 amide bonds. The smallest absolute Gasteiger partial charge is 0.0202 e. The molecular formula is C15H30N2. The van der Waals surface area contributed by atoms with E-state index in [9.17, 15) is 0 Å². The van der Waals surface area contributed by atoms with Gasteiger partial charge in [0.05, 0.1) is 0 Å². The quantitative estimate of drug-likeness (QED) is 0.716. The van der Waals surface area contributed by atoms with E-state index >= 15 is 0 Å². The normalized spacial score (nSPS) is 25.5. The Morgan fingerprint density at radius 2 is 2.00 bits per heavy atom. The molecule has 1 rings (SSSR count). The van der Waals surface area contributed by atoms with Gasteiger partial charge in [0, 0.05) is 25.2 Å². The molecule has 1 saturated carbocycles. The summed E-state index contributed by atoms with van der Waals surface area (Å²) in [5.74, 6) is 0.847. The first-order valence-electron chi connectivity index (χ1n) is 7.11. The molecule has 0 aromatic carbocycles. The van der Waals surface area contributed by atoms with Crippen LogP contribution >= 0.6 is 0 Å². The molecule has 2 heteroatoms. The topological polar surface area (TPSA) is 15.3 Å². The van der Waals surface area contributed by atoms with Crippen molar-refractivity contribution >= 4 is 0 Å². The Bertz CT molecular complexity index is 235. The Labute approximate surface area is 107 Å². The van der Waals surface area contributed by atoms with Gasteiger partial charge in [0.15, 0.2) is 0 Å². The third kappa shape index (κ3) is 5.22. The van der Waals surface area contributed by atoms with Gasteiger partial charge in [0.2, 0.25) is 0 Å². The minimum atomic E-state index is 0.547. The predicted molar refractivity (Wildman–Crippen MR) is 76.3 cm³/mol. The van der Waals surface area contributed by atoms with Gasteiger partial charge in [-0.25, -0.2) is 0 Å². The summed E-state index contributed by atoms with van der Waals surface area (Å²) in [5.41, 5.74) is 1.30. The molecule has 1 fully saturated rings. The van der Waals surface area contributed by atoms with Crippen LogP contribution in [0.4, 0.5) is 0 Å². The van der Waals surface area contributed by atoms with Crippen molar-refractivity contribution < 1.29 is 0 Å². The Morgan fingerprint density at radius 1 is 1.35 bits per heavy atom. The molecule has 17 heavy (non-hydrogen) atoms. The largest absolute Gasteiger partial charge is 0.311 e. The Morgan fingerprint density at radius 3 is 2.59 bits per heavy atom. The molecule has 1 N–H and O–H groups in total. The maximum absolute atomic E-state index is 4.18. The van der Waals surface area contributed by atoms with Crippen molar-refractivity contribution in [2.45, 2.75) is 58.5 Å². The SMILES string of the molecule is C=C(CNC(C)C)CN(C)C1CCCCC1C. The highest BCUT2D eigenvalue weighted by Crippen LogP contribution is 2.27. The molecule has 0 heterocycles. The lowest BCUT2D eigenvalue weighted by Gasteiger charge is -2.36. The molecule has 1 aliphatic carbocycles. The predicted octanol–water partition coefficient (Wildman–Crippen LogP) is 3.05. The summed E-state index contributed by atoms with van der Waals surface area (Å²) < 4.78 is 0. The van der Waals surface area contributed by atoms with E-state index in [0.29, 0.717) is 6.04 Å². The molecule has 0 radical (unpaired) electrons. The summed E-state index contributed by atoms with van der Waals surface area (Å²) in [5, 5.41) is 3.44. The zero-order valence-corrected chi connectivity index (χ0v) is 12.1. The molecule has 100 valence electrons. The fourth-order valence-corrected chi connectivity index (χ4v) is 2.83. The standard InChI is InChI=1S/C15H30N2/c1-12(2)16-10-13(3)11-17(5)15-9-7-6-8-14(15)4/h12,14-16H,3,6-11H2,1-2,4-5H3. The summed E-state index contributed by atoms with van der Waals surface area (Å²) in [6, 6.07) is 1.31. The van der Waals surface area contributed by atoms with Crippen LogP contribution in [0, 0.1) is 5.92 Å². The van der Waals surface area contributed by atoms with Gasteiger partial charge in [-0.05, 0) is 31.4 Å². The number of hydrogen-bond acceptors (Lipinski definition) is 2.